The molecule has 1 aliphatic rings. The Morgan fingerprint density at radius 3 is 2.25 bits per heavy atom. The number of amides is 3. The first-order chi connectivity index (χ1) is 15.6. The molecule has 1 aliphatic heterocycles. The molecular formula is C25H24N4O3. The minimum atomic E-state index is -0.299. The van der Waals surface area contributed by atoms with Gasteiger partial charge in [-0.2, -0.15) is 0 Å². The minimum Gasteiger partial charge on any atom is -0.376 e. The molecule has 162 valence electrons. The van der Waals surface area contributed by atoms with Crippen LogP contribution in [-0.4, -0.2) is 30.8 Å². The quantitative estimate of drug-likeness (QED) is 0.528. The van der Waals surface area contributed by atoms with Crippen LogP contribution < -0.4 is 20.9 Å². The second kappa shape index (κ2) is 9.78. The number of para-hydroxylation sites is 2. The standard InChI is InChI=1S/C25H24N4O3/c30-23(17-26-18-12-14-20(15-13-18)29-16-6-11-24(29)31)28-22-10-5-4-9-21(22)25(32)27-19-7-2-1-3-8-19/h1-5,7-10,12-15,26H,6,11,16-17H2,(H,27,32)(H,28,30). The molecule has 3 amide bonds. The monoisotopic (exact) mass is 428 g/mol. The van der Waals surface area contributed by atoms with Gasteiger partial charge < -0.3 is 20.9 Å². The van der Waals surface area contributed by atoms with E-state index in [4.69, 9.17) is 0 Å². The average Bonchev–Trinajstić information content (AvgIpc) is 3.25. The van der Waals surface area contributed by atoms with E-state index in [0.717, 1.165) is 24.3 Å². The number of carbonyl (C=O) groups excluding carboxylic acids is 3. The van der Waals surface area contributed by atoms with Crippen molar-refractivity contribution < 1.29 is 14.4 Å². The third-order valence-electron chi connectivity index (χ3n) is 5.18. The van der Waals surface area contributed by atoms with Crippen molar-refractivity contribution >= 4 is 40.5 Å². The molecule has 0 bridgehead atoms. The van der Waals surface area contributed by atoms with Crippen LogP contribution in [0.2, 0.25) is 0 Å². The fourth-order valence-corrected chi connectivity index (χ4v) is 3.57. The maximum absolute atomic E-state index is 12.7. The fourth-order valence-electron chi connectivity index (χ4n) is 3.57. The lowest BCUT2D eigenvalue weighted by molar-refractivity contribution is -0.117. The van der Waals surface area contributed by atoms with Crippen LogP contribution in [0.1, 0.15) is 23.2 Å². The van der Waals surface area contributed by atoms with E-state index in [1.165, 1.54) is 0 Å². The Labute approximate surface area is 186 Å². The molecule has 3 aromatic carbocycles. The molecule has 1 saturated heterocycles. The molecular weight excluding hydrogens is 404 g/mol. The summed E-state index contributed by atoms with van der Waals surface area (Å²) in [4.78, 5) is 38.8. The predicted molar refractivity (Wildman–Crippen MR) is 126 cm³/mol. The summed E-state index contributed by atoms with van der Waals surface area (Å²) in [5, 5.41) is 8.69. The first kappa shape index (κ1) is 21.1. The molecule has 0 atom stereocenters. The molecule has 7 nitrogen and oxygen atoms in total. The summed E-state index contributed by atoms with van der Waals surface area (Å²) in [5.41, 5.74) is 3.13. The van der Waals surface area contributed by atoms with Gasteiger partial charge >= 0.3 is 0 Å². The number of carbonyl (C=O) groups is 3. The summed E-state index contributed by atoms with van der Waals surface area (Å²) in [5.74, 6) is -0.434. The van der Waals surface area contributed by atoms with E-state index in [1.54, 1.807) is 41.3 Å². The van der Waals surface area contributed by atoms with Crippen LogP contribution >= 0.6 is 0 Å². The number of hydrogen-bond acceptors (Lipinski definition) is 4. The summed E-state index contributed by atoms with van der Waals surface area (Å²) in [7, 11) is 0. The van der Waals surface area contributed by atoms with Gasteiger partial charge in [-0.3, -0.25) is 14.4 Å². The summed E-state index contributed by atoms with van der Waals surface area (Å²) >= 11 is 0. The second-order valence-electron chi connectivity index (χ2n) is 7.46. The van der Waals surface area contributed by atoms with E-state index in [2.05, 4.69) is 16.0 Å². The zero-order valence-electron chi connectivity index (χ0n) is 17.5. The predicted octanol–water partition coefficient (Wildman–Crippen LogP) is 4.12. The van der Waals surface area contributed by atoms with Gasteiger partial charge in [0.15, 0.2) is 0 Å². The minimum absolute atomic E-state index is 0.0383. The molecule has 3 aromatic rings. The molecule has 32 heavy (non-hydrogen) atoms. The van der Waals surface area contributed by atoms with Crippen molar-refractivity contribution in [3.63, 3.8) is 0 Å². The van der Waals surface area contributed by atoms with Gasteiger partial charge in [-0.05, 0) is 55.0 Å². The fraction of sp³-hybridized carbons (Fsp3) is 0.160. The van der Waals surface area contributed by atoms with Crippen molar-refractivity contribution in [3.05, 3.63) is 84.4 Å². The van der Waals surface area contributed by atoms with Crippen molar-refractivity contribution in [2.75, 3.05) is 33.9 Å². The normalized spacial score (nSPS) is 13.0. The molecule has 1 fully saturated rings. The maximum Gasteiger partial charge on any atom is 0.257 e. The summed E-state index contributed by atoms with van der Waals surface area (Å²) < 4.78 is 0. The molecule has 0 aliphatic carbocycles. The highest BCUT2D eigenvalue weighted by molar-refractivity contribution is 6.10. The van der Waals surface area contributed by atoms with E-state index in [0.29, 0.717) is 23.4 Å². The number of nitrogens with zero attached hydrogens (tertiary/aromatic N) is 1. The Hall–Kier alpha value is -4.13. The Kier molecular flexibility index (Phi) is 6.46. The zero-order valence-corrected chi connectivity index (χ0v) is 17.5. The highest BCUT2D eigenvalue weighted by Gasteiger charge is 2.21. The number of benzene rings is 3. The number of anilines is 4. The van der Waals surface area contributed by atoms with Crippen LogP contribution in [0.25, 0.3) is 0 Å². The Morgan fingerprint density at radius 2 is 1.53 bits per heavy atom. The Morgan fingerprint density at radius 1 is 0.812 bits per heavy atom. The van der Waals surface area contributed by atoms with E-state index in [1.807, 2.05) is 42.5 Å². The van der Waals surface area contributed by atoms with Crippen molar-refractivity contribution in [1.29, 1.82) is 0 Å². The summed E-state index contributed by atoms with van der Waals surface area (Å²) in [6.07, 6.45) is 1.47. The molecule has 0 radical (unpaired) electrons. The highest BCUT2D eigenvalue weighted by Crippen LogP contribution is 2.23. The molecule has 0 aromatic heterocycles. The average molecular weight is 428 g/mol. The van der Waals surface area contributed by atoms with Gasteiger partial charge in [0.1, 0.15) is 0 Å². The molecule has 7 heteroatoms. The number of hydrogen-bond donors (Lipinski definition) is 3. The van der Waals surface area contributed by atoms with Crippen molar-refractivity contribution in [1.82, 2.24) is 0 Å². The number of nitrogens with one attached hydrogen (secondary N) is 3. The van der Waals surface area contributed by atoms with Crippen molar-refractivity contribution in [2.24, 2.45) is 0 Å². The maximum atomic E-state index is 12.7. The van der Waals surface area contributed by atoms with Gasteiger partial charge in [-0.1, -0.05) is 30.3 Å². The third-order valence-corrected chi connectivity index (χ3v) is 5.18. The van der Waals surface area contributed by atoms with Gasteiger partial charge in [0.25, 0.3) is 5.91 Å². The zero-order chi connectivity index (χ0) is 22.3. The largest absolute Gasteiger partial charge is 0.376 e. The van der Waals surface area contributed by atoms with E-state index in [9.17, 15) is 14.4 Å². The lowest BCUT2D eigenvalue weighted by Gasteiger charge is -2.16. The molecule has 0 spiro atoms. The molecule has 4 rings (SSSR count). The SMILES string of the molecule is O=C(CNc1ccc(N2CCCC2=O)cc1)Nc1ccccc1C(=O)Nc1ccccc1. The Balaban J connectivity index is 1.34. The number of rotatable bonds is 7. The third kappa shape index (κ3) is 5.13. The highest BCUT2D eigenvalue weighted by atomic mass is 16.2. The lowest BCUT2D eigenvalue weighted by atomic mass is 10.1. The van der Waals surface area contributed by atoms with Crippen molar-refractivity contribution in [2.45, 2.75) is 12.8 Å². The summed E-state index contributed by atoms with van der Waals surface area (Å²) in [6.45, 7) is 0.780. The van der Waals surface area contributed by atoms with Crippen molar-refractivity contribution in [3.8, 4) is 0 Å². The van der Waals surface area contributed by atoms with Crippen LogP contribution in [0.5, 0.6) is 0 Å². The van der Waals surface area contributed by atoms with E-state index in [-0.39, 0.29) is 24.3 Å². The molecule has 0 saturated carbocycles. The van der Waals surface area contributed by atoms with Crippen LogP contribution in [0.15, 0.2) is 78.9 Å². The summed E-state index contributed by atoms with van der Waals surface area (Å²) in [6, 6.07) is 23.4. The first-order valence-electron chi connectivity index (χ1n) is 10.5. The topological polar surface area (TPSA) is 90.5 Å². The van der Waals surface area contributed by atoms with Crippen LogP contribution in [0.4, 0.5) is 22.7 Å². The van der Waals surface area contributed by atoms with Crippen LogP contribution in [-0.2, 0) is 9.59 Å². The molecule has 1 heterocycles. The lowest BCUT2D eigenvalue weighted by Crippen LogP contribution is -2.24. The van der Waals surface area contributed by atoms with Gasteiger partial charge in [0.2, 0.25) is 11.8 Å². The van der Waals surface area contributed by atoms with E-state index >= 15 is 0 Å². The van der Waals surface area contributed by atoms with Crippen LogP contribution in [0, 0.1) is 0 Å². The Bertz CT molecular complexity index is 1110. The van der Waals surface area contributed by atoms with Gasteiger partial charge in [-0.15, -0.1) is 0 Å². The van der Waals surface area contributed by atoms with Gasteiger partial charge in [-0.25, -0.2) is 0 Å². The second-order valence-corrected chi connectivity index (χ2v) is 7.46. The molecule has 0 unspecified atom stereocenters. The van der Waals surface area contributed by atoms with Gasteiger partial charge in [0, 0.05) is 30.0 Å². The smallest absolute Gasteiger partial charge is 0.257 e. The van der Waals surface area contributed by atoms with E-state index < -0.39 is 0 Å². The van der Waals surface area contributed by atoms with Crippen LogP contribution in [0.3, 0.4) is 0 Å². The van der Waals surface area contributed by atoms with Gasteiger partial charge in [0.05, 0.1) is 17.8 Å². The molecule has 3 N–H and O–H groups in total. The first-order valence-corrected chi connectivity index (χ1v) is 10.5.